The van der Waals surface area contributed by atoms with Crippen molar-refractivity contribution in [2.75, 3.05) is 20.3 Å². The molecule has 0 radical (unpaired) electrons. The van der Waals surface area contributed by atoms with Gasteiger partial charge in [0.2, 0.25) is 0 Å². The second-order valence-electron chi connectivity index (χ2n) is 6.79. The Hall–Kier alpha value is -1.38. The second kappa shape index (κ2) is 9.19. The van der Waals surface area contributed by atoms with Gasteiger partial charge >= 0.3 is 12.1 Å². The van der Waals surface area contributed by atoms with Crippen molar-refractivity contribution in [1.29, 1.82) is 0 Å². The number of carbonyl (C=O) groups excluding carboxylic acids is 2. The van der Waals surface area contributed by atoms with Crippen LogP contribution in [0.2, 0.25) is 0 Å². The maximum absolute atomic E-state index is 12.1. The molecule has 1 aliphatic heterocycles. The molecule has 0 unspecified atom stereocenters. The van der Waals surface area contributed by atoms with E-state index in [4.69, 9.17) is 18.9 Å². The van der Waals surface area contributed by atoms with Crippen LogP contribution in [0.15, 0.2) is 0 Å². The van der Waals surface area contributed by atoms with Crippen molar-refractivity contribution in [3.63, 3.8) is 0 Å². The molecule has 0 aliphatic carbocycles. The summed E-state index contributed by atoms with van der Waals surface area (Å²) in [4.78, 5) is 24.1. The Bertz CT molecular complexity index is 413. The molecule has 140 valence electrons. The van der Waals surface area contributed by atoms with Gasteiger partial charge < -0.3 is 29.4 Å². The molecule has 1 rings (SSSR count). The highest BCUT2D eigenvalue weighted by Crippen LogP contribution is 2.20. The molecule has 24 heavy (non-hydrogen) atoms. The lowest BCUT2D eigenvalue weighted by Gasteiger charge is -2.30. The Labute approximate surface area is 142 Å². The normalized spacial score (nSPS) is 19.4. The number of hydrogen-bond donors (Lipinski definition) is 2. The summed E-state index contributed by atoms with van der Waals surface area (Å²) in [6.07, 6.45) is -1.19. The molecule has 8 nitrogen and oxygen atoms in total. The van der Waals surface area contributed by atoms with E-state index in [0.717, 1.165) is 0 Å². The summed E-state index contributed by atoms with van der Waals surface area (Å²) in [5, 5.41) is 12.6. The fraction of sp³-hybridized carbons (Fsp3) is 0.875. The Kier molecular flexibility index (Phi) is 7.92. The zero-order valence-electron chi connectivity index (χ0n) is 15.0. The van der Waals surface area contributed by atoms with Gasteiger partial charge in [0, 0.05) is 12.5 Å². The number of rotatable bonds is 7. The van der Waals surface area contributed by atoms with Crippen molar-refractivity contribution >= 4 is 12.1 Å². The Morgan fingerprint density at radius 2 is 1.88 bits per heavy atom. The van der Waals surface area contributed by atoms with Crippen LogP contribution in [0.25, 0.3) is 0 Å². The molecule has 3 atom stereocenters. The van der Waals surface area contributed by atoms with Gasteiger partial charge in [-0.3, -0.25) is 4.79 Å². The number of hydrogen-bond acceptors (Lipinski definition) is 7. The summed E-state index contributed by atoms with van der Waals surface area (Å²) in [7, 11) is 1.24. The number of alkyl carbamates (subject to hydrolysis) is 1. The summed E-state index contributed by atoms with van der Waals surface area (Å²) >= 11 is 0. The molecule has 0 spiro atoms. The molecular formula is C16H29NO7. The second-order valence-corrected chi connectivity index (χ2v) is 6.79. The van der Waals surface area contributed by atoms with E-state index >= 15 is 0 Å². The minimum atomic E-state index is -0.997. The van der Waals surface area contributed by atoms with Crippen LogP contribution in [0.4, 0.5) is 4.79 Å². The van der Waals surface area contributed by atoms with E-state index in [1.54, 1.807) is 20.8 Å². The minimum absolute atomic E-state index is 0.370. The van der Waals surface area contributed by atoms with E-state index in [-0.39, 0.29) is 6.29 Å². The fourth-order valence-electron chi connectivity index (χ4n) is 2.52. The first kappa shape index (κ1) is 20.7. The van der Waals surface area contributed by atoms with Crippen molar-refractivity contribution in [2.24, 2.45) is 5.92 Å². The van der Waals surface area contributed by atoms with Crippen molar-refractivity contribution < 1.29 is 33.6 Å². The molecule has 1 fully saturated rings. The van der Waals surface area contributed by atoms with Gasteiger partial charge in [-0.25, -0.2) is 4.79 Å². The van der Waals surface area contributed by atoms with Crippen molar-refractivity contribution in [2.45, 2.75) is 64.6 Å². The van der Waals surface area contributed by atoms with Gasteiger partial charge in [0.1, 0.15) is 11.5 Å². The van der Waals surface area contributed by atoms with Crippen molar-refractivity contribution in [3.05, 3.63) is 0 Å². The number of methoxy groups -OCH3 is 1. The van der Waals surface area contributed by atoms with Crippen LogP contribution in [0.1, 0.15) is 40.5 Å². The number of ether oxygens (including phenoxy) is 4. The maximum Gasteiger partial charge on any atom is 0.407 e. The van der Waals surface area contributed by atoms with Crippen LogP contribution in [-0.2, 0) is 23.7 Å². The topological polar surface area (TPSA) is 103 Å². The molecule has 1 amide bonds. The van der Waals surface area contributed by atoms with Crippen LogP contribution in [0.5, 0.6) is 0 Å². The monoisotopic (exact) mass is 347 g/mol. The third kappa shape index (κ3) is 7.02. The van der Waals surface area contributed by atoms with E-state index < -0.39 is 35.7 Å². The number of carbonyl (C=O) groups is 2. The highest BCUT2D eigenvalue weighted by atomic mass is 16.7. The number of aliphatic hydroxyl groups excluding tert-OH is 1. The van der Waals surface area contributed by atoms with Crippen LogP contribution in [0.3, 0.4) is 0 Å². The third-order valence-electron chi connectivity index (χ3n) is 3.53. The average molecular weight is 347 g/mol. The number of nitrogens with one attached hydrogen (secondary N) is 1. The molecule has 0 bridgehead atoms. The molecule has 8 heteroatoms. The number of aliphatic hydroxyl groups is 1. The SMILES string of the molecule is COC(=O)[C@H]([C@@H](C)O)[C@@H](CCC1OCCO1)NC(=O)OC(C)(C)C. The first-order valence-electron chi connectivity index (χ1n) is 8.12. The molecular weight excluding hydrogens is 318 g/mol. The molecule has 1 saturated heterocycles. The molecule has 2 N–H and O–H groups in total. The highest BCUT2D eigenvalue weighted by Gasteiger charge is 2.36. The summed E-state index contributed by atoms with van der Waals surface area (Å²) < 4.78 is 20.7. The molecule has 0 saturated carbocycles. The van der Waals surface area contributed by atoms with Gasteiger partial charge in [-0.05, 0) is 34.1 Å². The smallest absolute Gasteiger partial charge is 0.407 e. The Morgan fingerprint density at radius 3 is 2.33 bits per heavy atom. The summed E-state index contributed by atoms with van der Waals surface area (Å²) in [5.74, 6) is -1.51. The predicted octanol–water partition coefficient (Wildman–Crippen LogP) is 1.20. The first-order chi connectivity index (χ1) is 11.1. The quantitative estimate of drug-likeness (QED) is 0.667. The lowest BCUT2D eigenvalue weighted by Crippen LogP contribution is -2.49. The fourth-order valence-corrected chi connectivity index (χ4v) is 2.52. The molecule has 1 heterocycles. The minimum Gasteiger partial charge on any atom is -0.469 e. The maximum atomic E-state index is 12.1. The van der Waals surface area contributed by atoms with Crippen molar-refractivity contribution in [3.8, 4) is 0 Å². The summed E-state index contributed by atoms with van der Waals surface area (Å²) in [5.41, 5.74) is -0.669. The molecule has 1 aliphatic rings. The van der Waals surface area contributed by atoms with E-state index in [9.17, 15) is 14.7 Å². The highest BCUT2D eigenvalue weighted by molar-refractivity contribution is 5.75. The lowest BCUT2D eigenvalue weighted by atomic mass is 9.91. The zero-order valence-corrected chi connectivity index (χ0v) is 15.0. The summed E-state index contributed by atoms with van der Waals surface area (Å²) in [6, 6.07) is -0.667. The third-order valence-corrected chi connectivity index (χ3v) is 3.53. The van der Waals surface area contributed by atoms with Crippen LogP contribution < -0.4 is 5.32 Å². The van der Waals surface area contributed by atoms with Gasteiger partial charge in [0.15, 0.2) is 6.29 Å². The van der Waals surface area contributed by atoms with Gasteiger partial charge in [-0.15, -0.1) is 0 Å². The van der Waals surface area contributed by atoms with E-state index in [2.05, 4.69) is 5.32 Å². The van der Waals surface area contributed by atoms with Crippen LogP contribution >= 0.6 is 0 Å². The van der Waals surface area contributed by atoms with E-state index in [0.29, 0.717) is 26.1 Å². The molecule has 0 aromatic heterocycles. The predicted molar refractivity (Wildman–Crippen MR) is 85.3 cm³/mol. The van der Waals surface area contributed by atoms with Gasteiger partial charge in [-0.2, -0.15) is 0 Å². The van der Waals surface area contributed by atoms with E-state index in [1.165, 1.54) is 14.0 Å². The largest absolute Gasteiger partial charge is 0.469 e. The zero-order chi connectivity index (χ0) is 18.3. The Morgan fingerprint density at radius 1 is 1.29 bits per heavy atom. The number of esters is 1. The van der Waals surface area contributed by atoms with Crippen LogP contribution in [-0.4, -0.2) is 61.5 Å². The first-order valence-corrected chi connectivity index (χ1v) is 8.12. The van der Waals surface area contributed by atoms with Gasteiger partial charge in [-0.1, -0.05) is 0 Å². The summed E-state index contributed by atoms with van der Waals surface area (Å²) in [6.45, 7) is 7.75. The van der Waals surface area contributed by atoms with Gasteiger partial charge in [0.05, 0.1) is 26.4 Å². The van der Waals surface area contributed by atoms with Crippen LogP contribution in [0, 0.1) is 5.92 Å². The Balaban J connectivity index is 2.79. The average Bonchev–Trinajstić information content (AvgIpc) is 2.95. The van der Waals surface area contributed by atoms with E-state index in [1.807, 2.05) is 0 Å². The standard InChI is InChI=1S/C16H29NO7/c1-10(18)13(14(19)21-5)11(6-7-12-22-8-9-23-12)17-15(20)24-16(2,3)4/h10-13,18H,6-9H2,1-5H3,(H,17,20)/t10-,11-,13-/m1/s1. The number of amides is 1. The molecule has 0 aromatic carbocycles. The van der Waals surface area contributed by atoms with Crippen molar-refractivity contribution in [1.82, 2.24) is 5.32 Å². The lowest BCUT2D eigenvalue weighted by molar-refractivity contribution is -0.150. The van der Waals surface area contributed by atoms with Gasteiger partial charge in [0.25, 0.3) is 0 Å². The molecule has 0 aromatic rings.